The lowest BCUT2D eigenvalue weighted by molar-refractivity contribution is -0.117. The zero-order valence-corrected chi connectivity index (χ0v) is 14.8. The smallest absolute Gasteiger partial charge is 0.238 e. The van der Waals surface area contributed by atoms with E-state index in [0.717, 1.165) is 50.0 Å². The highest BCUT2D eigenvalue weighted by atomic mass is 32.2. The number of amides is 1. The topological polar surface area (TPSA) is 78.5 Å². The van der Waals surface area contributed by atoms with Crippen molar-refractivity contribution in [2.45, 2.75) is 43.9 Å². The van der Waals surface area contributed by atoms with Crippen LogP contribution in [0, 0.1) is 6.92 Å². The fourth-order valence-corrected chi connectivity index (χ4v) is 4.69. The van der Waals surface area contributed by atoms with Crippen molar-refractivity contribution in [3.05, 3.63) is 29.8 Å². The van der Waals surface area contributed by atoms with Crippen molar-refractivity contribution in [2.75, 3.05) is 25.0 Å². The predicted octanol–water partition coefficient (Wildman–Crippen LogP) is 1.48. The number of carbonyl (C=O) groups excluding carboxylic acids is 1. The van der Waals surface area contributed by atoms with Gasteiger partial charge in [-0.25, -0.2) is 13.1 Å². The van der Waals surface area contributed by atoms with Crippen LogP contribution in [0.15, 0.2) is 24.3 Å². The van der Waals surface area contributed by atoms with E-state index in [1.807, 2.05) is 31.2 Å². The van der Waals surface area contributed by atoms with E-state index < -0.39 is 10.0 Å². The zero-order valence-electron chi connectivity index (χ0n) is 14.0. The summed E-state index contributed by atoms with van der Waals surface area (Å²) in [6, 6.07) is 7.73. The summed E-state index contributed by atoms with van der Waals surface area (Å²) in [6.45, 7) is 3.80. The average molecular weight is 351 g/mol. The molecule has 0 unspecified atom stereocenters. The highest BCUT2D eigenvalue weighted by Gasteiger charge is 2.37. The number of hydrogen-bond acceptors (Lipinski definition) is 4. The minimum Gasteiger partial charge on any atom is -0.325 e. The molecule has 1 aliphatic heterocycles. The molecule has 6 nitrogen and oxygen atoms in total. The van der Waals surface area contributed by atoms with Gasteiger partial charge in [-0.3, -0.25) is 9.69 Å². The maximum Gasteiger partial charge on any atom is 0.238 e. The number of hydrogen-bond donors (Lipinski definition) is 2. The molecule has 0 spiro atoms. The zero-order chi connectivity index (χ0) is 17.2. The Morgan fingerprint density at radius 3 is 2.54 bits per heavy atom. The molecular formula is C17H25N3O3S. The van der Waals surface area contributed by atoms with Gasteiger partial charge in [-0.2, -0.15) is 0 Å². The van der Waals surface area contributed by atoms with Crippen LogP contribution in [0.25, 0.3) is 0 Å². The molecule has 1 aromatic carbocycles. The molecule has 0 atom stereocenters. The van der Waals surface area contributed by atoms with Crippen LogP contribution in [0.2, 0.25) is 0 Å². The molecule has 1 saturated heterocycles. The first-order chi connectivity index (χ1) is 11.4. The van der Waals surface area contributed by atoms with Crippen LogP contribution in [0.1, 0.15) is 31.2 Å². The first-order valence-corrected chi connectivity index (χ1v) is 10.1. The number of carbonyl (C=O) groups is 1. The highest BCUT2D eigenvalue weighted by molar-refractivity contribution is 7.90. The lowest BCUT2D eigenvalue weighted by Crippen LogP contribution is -2.47. The van der Waals surface area contributed by atoms with E-state index in [1.165, 1.54) is 0 Å². The van der Waals surface area contributed by atoms with Gasteiger partial charge in [0.15, 0.2) is 0 Å². The number of likely N-dealkylation sites (tertiary alicyclic amines) is 1. The van der Waals surface area contributed by atoms with Gasteiger partial charge in [0.05, 0.1) is 11.8 Å². The van der Waals surface area contributed by atoms with Crippen molar-refractivity contribution in [2.24, 2.45) is 0 Å². The third-order valence-electron chi connectivity index (χ3n) is 4.55. The Labute approximate surface area is 143 Å². The van der Waals surface area contributed by atoms with E-state index >= 15 is 0 Å². The molecule has 2 aliphatic rings. The molecule has 0 radical (unpaired) electrons. The van der Waals surface area contributed by atoms with Gasteiger partial charge in [-0.1, -0.05) is 12.1 Å². The summed E-state index contributed by atoms with van der Waals surface area (Å²) < 4.78 is 26.7. The maximum absolute atomic E-state index is 12.1. The van der Waals surface area contributed by atoms with Crippen molar-refractivity contribution < 1.29 is 13.2 Å². The molecule has 3 rings (SSSR count). The molecule has 0 bridgehead atoms. The lowest BCUT2D eigenvalue weighted by atomic mass is 10.1. The summed E-state index contributed by atoms with van der Waals surface area (Å²) >= 11 is 0. The lowest BCUT2D eigenvalue weighted by Gasteiger charge is -2.31. The Kier molecular flexibility index (Phi) is 5.22. The fourth-order valence-electron chi connectivity index (χ4n) is 3.04. The molecule has 7 heteroatoms. The van der Waals surface area contributed by atoms with Crippen LogP contribution < -0.4 is 10.0 Å². The standard InChI is InChI=1S/C17H25N3O3S/c1-13-3-2-4-15(11-13)18-17(21)12-20-9-7-14(8-10-20)19-24(22,23)16-5-6-16/h2-4,11,14,16,19H,5-10,12H2,1H3,(H,18,21). The Balaban J connectivity index is 1.42. The summed E-state index contributed by atoms with van der Waals surface area (Å²) in [7, 11) is -3.12. The SMILES string of the molecule is Cc1cccc(NC(=O)CN2CCC(NS(=O)(=O)C3CC3)CC2)c1. The van der Waals surface area contributed by atoms with Crippen LogP contribution in [-0.4, -0.2) is 50.2 Å². The van der Waals surface area contributed by atoms with Gasteiger partial charge in [0.1, 0.15) is 0 Å². The Morgan fingerprint density at radius 2 is 1.92 bits per heavy atom. The number of nitrogens with one attached hydrogen (secondary N) is 2. The van der Waals surface area contributed by atoms with Crippen molar-refractivity contribution in [3.8, 4) is 0 Å². The second-order valence-corrected chi connectivity index (χ2v) is 8.82. The number of sulfonamides is 1. The normalized spacial score (nSPS) is 20.0. The second kappa shape index (κ2) is 7.21. The van der Waals surface area contributed by atoms with Crippen molar-refractivity contribution in [1.82, 2.24) is 9.62 Å². The van der Waals surface area contributed by atoms with Gasteiger partial charge in [0.25, 0.3) is 0 Å². The first-order valence-electron chi connectivity index (χ1n) is 8.52. The molecule has 1 aliphatic carbocycles. The van der Waals surface area contributed by atoms with E-state index in [0.29, 0.717) is 6.54 Å². The summed E-state index contributed by atoms with van der Waals surface area (Å²) in [4.78, 5) is 14.2. The summed E-state index contributed by atoms with van der Waals surface area (Å²) in [6.07, 6.45) is 3.08. The van der Waals surface area contributed by atoms with E-state index in [2.05, 4.69) is 14.9 Å². The van der Waals surface area contributed by atoms with Gasteiger partial charge in [0.2, 0.25) is 15.9 Å². The Morgan fingerprint density at radius 1 is 1.21 bits per heavy atom. The number of benzene rings is 1. The van der Waals surface area contributed by atoms with Crippen molar-refractivity contribution in [1.29, 1.82) is 0 Å². The van der Waals surface area contributed by atoms with E-state index in [9.17, 15) is 13.2 Å². The van der Waals surface area contributed by atoms with Crippen LogP contribution in [0.5, 0.6) is 0 Å². The molecule has 0 aromatic heterocycles. The fraction of sp³-hybridized carbons (Fsp3) is 0.588. The minimum absolute atomic E-state index is 0.00619. The van der Waals surface area contributed by atoms with Crippen LogP contribution >= 0.6 is 0 Å². The number of nitrogens with zero attached hydrogens (tertiary/aromatic N) is 1. The van der Waals surface area contributed by atoms with Gasteiger partial charge in [-0.15, -0.1) is 0 Å². The van der Waals surface area contributed by atoms with Gasteiger partial charge < -0.3 is 5.32 Å². The van der Waals surface area contributed by atoms with Gasteiger partial charge in [0, 0.05) is 24.8 Å². The van der Waals surface area contributed by atoms with E-state index in [4.69, 9.17) is 0 Å². The molecule has 1 heterocycles. The molecule has 2 N–H and O–H groups in total. The molecule has 2 fully saturated rings. The Hall–Kier alpha value is -1.44. The monoisotopic (exact) mass is 351 g/mol. The minimum atomic E-state index is -3.12. The predicted molar refractivity (Wildman–Crippen MR) is 94.3 cm³/mol. The maximum atomic E-state index is 12.1. The van der Waals surface area contributed by atoms with Crippen LogP contribution in [-0.2, 0) is 14.8 Å². The quantitative estimate of drug-likeness (QED) is 0.814. The number of piperidine rings is 1. The molecule has 24 heavy (non-hydrogen) atoms. The molecular weight excluding hydrogens is 326 g/mol. The third-order valence-corrected chi connectivity index (χ3v) is 6.56. The molecule has 1 aromatic rings. The van der Waals surface area contributed by atoms with E-state index in [1.54, 1.807) is 0 Å². The van der Waals surface area contributed by atoms with E-state index in [-0.39, 0.29) is 17.2 Å². The first kappa shape index (κ1) is 17.4. The number of aryl methyl sites for hydroxylation is 1. The van der Waals surface area contributed by atoms with Crippen molar-refractivity contribution in [3.63, 3.8) is 0 Å². The average Bonchev–Trinajstić information content (AvgIpc) is 3.34. The van der Waals surface area contributed by atoms with Crippen LogP contribution in [0.4, 0.5) is 5.69 Å². The molecule has 132 valence electrons. The number of rotatable bonds is 6. The Bertz CT molecular complexity index is 693. The number of anilines is 1. The highest BCUT2D eigenvalue weighted by Crippen LogP contribution is 2.28. The summed E-state index contributed by atoms with van der Waals surface area (Å²) in [5.74, 6) is -0.0300. The second-order valence-electron chi connectivity index (χ2n) is 6.83. The van der Waals surface area contributed by atoms with Gasteiger partial charge in [-0.05, 0) is 50.3 Å². The molecule has 1 amide bonds. The van der Waals surface area contributed by atoms with Gasteiger partial charge >= 0.3 is 0 Å². The molecule has 1 saturated carbocycles. The summed E-state index contributed by atoms with van der Waals surface area (Å²) in [5, 5.41) is 2.74. The van der Waals surface area contributed by atoms with Crippen molar-refractivity contribution >= 4 is 21.6 Å². The van der Waals surface area contributed by atoms with Crippen LogP contribution in [0.3, 0.4) is 0 Å². The largest absolute Gasteiger partial charge is 0.325 e. The summed E-state index contributed by atoms with van der Waals surface area (Å²) in [5.41, 5.74) is 1.92. The third kappa shape index (κ3) is 4.78.